The lowest BCUT2D eigenvalue weighted by Crippen LogP contribution is -2.23. The van der Waals surface area contributed by atoms with E-state index >= 15 is 0 Å². The van der Waals surface area contributed by atoms with Gasteiger partial charge in [-0.15, -0.1) is 11.3 Å². The molecule has 0 saturated heterocycles. The molecule has 1 N–H and O–H groups in total. The third kappa shape index (κ3) is 3.77. The first-order valence-electron chi connectivity index (χ1n) is 7.86. The van der Waals surface area contributed by atoms with Crippen LogP contribution >= 0.6 is 23.1 Å². The lowest BCUT2D eigenvalue weighted by molar-refractivity contribution is -0.115. The van der Waals surface area contributed by atoms with Gasteiger partial charge in [0, 0.05) is 17.3 Å². The lowest BCUT2D eigenvalue weighted by Gasteiger charge is -2.22. The summed E-state index contributed by atoms with van der Waals surface area (Å²) >= 11 is 2.71. The highest BCUT2D eigenvalue weighted by molar-refractivity contribution is 8.00. The standard InChI is InChI=1S/C17H18N4OS2/c1-10-3-4-14-12(7-10)8-13(9-18)16(20-14)24-11(2)15(22)21-17-19-5-6-23-17/h5-6,8,10-11H,3-4,7H2,1-2H3,(H,19,21,22). The van der Waals surface area contributed by atoms with Gasteiger partial charge in [-0.3, -0.25) is 4.79 Å². The zero-order valence-corrected chi connectivity index (χ0v) is 15.2. The van der Waals surface area contributed by atoms with Crippen molar-refractivity contribution in [1.29, 1.82) is 5.26 Å². The van der Waals surface area contributed by atoms with E-state index in [9.17, 15) is 10.1 Å². The maximum absolute atomic E-state index is 12.3. The molecular formula is C17H18N4OS2. The first-order valence-corrected chi connectivity index (χ1v) is 9.62. The second kappa shape index (κ2) is 7.32. The predicted octanol–water partition coefficient (Wildman–Crippen LogP) is 3.65. The second-order valence-corrected chi connectivity index (χ2v) is 8.22. The molecule has 2 heterocycles. The Hall–Kier alpha value is -1.91. The van der Waals surface area contributed by atoms with Crippen LogP contribution in [0.25, 0.3) is 0 Å². The van der Waals surface area contributed by atoms with E-state index in [0.29, 0.717) is 21.6 Å². The number of aromatic nitrogens is 2. The number of thioether (sulfide) groups is 1. The highest BCUT2D eigenvalue weighted by atomic mass is 32.2. The summed E-state index contributed by atoms with van der Waals surface area (Å²) in [4.78, 5) is 21.0. The topological polar surface area (TPSA) is 78.7 Å². The predicted molar refractivity (Wildman–Crippen MR) is 96.2 cm³/mol. The molecule has 0 fully saturated rings. The van der Waals surface area contributed by atoms with Gasteiger partial charge in [-0.1, -0.05) is 18.7 Å². The average Bonchev–Trinajstić information content (AvgIpc) is 3.07. The van der Waals surface area contributed by atoms with Gasteiger partial charge in [-0.2, -0.15) is 5.26 Å². The lowest BCUT2D eigenvalue weighted by atomic mass is 9.87. The fourth-order valence-electron chi connectivity index (χ4n) is 2.71. The molecule has 7 heteroatoms. The summed E-state index contributed by atoms with van der Waals surface area (Å²) in [5.74, 6) is 0.499. The number of nitrogens with zero attached hydrogens (tertiary/aromatic N) is 3. The molecular weight excluding hydrogens is 340 g/mol. The van der Waals surface area contributed by atoms with Crippen LogP contribution in [0.15, 0.2) is 22.7 Å². The maximum Gasteiger partial charge on any atom is 0.239 e. The molecule has 0 aromatic carbocycles. The highest BCUT2D eigenvalue weighted by Gasteiger charge is 2.22. The van der Waals surface area contributed by atoms with Crippen molar-refractivity contribution in [2.75, 3.05) is 5.32 Å². The van der Waals surface area contributed by atoms with Crippen molar-refractivity contribution in [3.8, 4) is 6.07 Å². The van der Waals surface area contributed by atoms with Gasteiger partial charge in [0.05, 0.1) is 10.8 Å². The van der Waals surface area contributed by atoms with Gasteiger partial charge in [-0.25, -0.2) is 9.97 Å². The highest BCUT2D eigenvalue weighted by Crippen LogP contribution is 2.31. The van der Waals surface area contributed by atoms with Crippen molar-refractivity contribution in [2.45, 2.75) is 43.4 Å². The molecule has 2 aromatic rings. The zero-order chi connectivity index (χ0) is 17.1. The van der Waals surface area contributed by atoms with Gasteiger partial charge < -0.3 is 5.32 Å². The molecule has 2 aromatic heterocycles. The van der Waals surface area contributed by atoms with Crippen LogP contribution in [0, 0.1) is 17.2 Å². The van der Waals surface area contributed by atoms with E-state index in [1.165, 1.54) is 28.7 Å². The van der Waals surface area contributed by atoms with Gasteiger partial charge in [0.25, 0.3) is 0 Å². The number of carbonyl (C=O) groups excluding carboxylic acids is 1. The number of carbonyl (C=O) groups is 1. The maximum atomic E-state index is 12.3. The van der Waals surface area contributed by atoms with Crippen molar-refractivity contribution in [1.82, 2.24) is 9.97 Å². The number of pyridine rings is 1. The van der Waals surface area contributed by atoms with Crippen LogP contribution < -0.4 is 5.32 Å². The molecule has 0 aliphatic heterocycles. The van der Waals surface area contributed by atoms with Crippen LogP contribution in [-0.4, -0.2) is 21.1 Å². The molecule has 0 spiro atoms. The summed E-state index contributed by atoms with van der Waals surface area (Å²) in [6.07, 6.45) is 4.69. The van der Waals surface area contributed by atoms with E-state index in [1.807, 2.05) is 18.4 Å². The van der Waals surface area contributed by atoms with E-state index < -0.39 is 0 Å². The minimum atomic E-state index is -0.353. The number of hydrogen-bond donors (Lipinski definition) is 1. The van der Waals surface area contributed by atoms with Crippen LogP contribution in [0.4, 0.5) is 5.13 Å². The number of rotatable bonds is 4. The van der Waals surface area contributed by atoms with Crippen molar-refractivity contribution in [3.63, 3.8) is 0 Å². The minimum absolute atomic E-state index is 0.132. The van der Waals surface area contributed by atoms with Crippen LogP contribution in [0.3, 0.4) is 0 Å². The number of nitrogens with one attached hydrogen (secondary N) is 1. The Kier molecular flexibility index (Phi) is 5.17. The number of hydrogen-bond acceptors (Lipinski definition) is 6. The number of thiazole rings is 1. The Morgan fingerprint density at radius 3 is 3.12 bits per heavy atom. The Bertz CT molecular complexity index is 783. The molecule has 0 saturated carbocycles. The molecule has 124 valence electrons. The Balaban J connectivity index is 1.76. The van der Waals surface area contributed by atoms with E-state index in [4.69, 9.17) is 0 Å². The molecule has 2 unspecified atom stereocenters. The number of anilines is 1. The minimum Gasteiger partial charge on any atom is -0.301 e. The first-order chi connectivity index (χ1) is 11.6. The summed E-state index contributed by atoms with van der Waals surface area (Å²) in [5.41, 5.74) is 2.80. The summed E-state index contributed by atoms with van der Waals surface area (Å²) in [6, 6.07) is 4.18. The molecule has 5 nitrogen and oxygen atoms in total. The number of amides is 1. The van der Waals surface area contributed by atoms with Crippen LogP contribution in [0.1, 0.15) is 37.1 Å². The molecule has 3 rings (SSSR count). The van der Waals surface area contributed by atoms with E-state index in [-0.39, 0.29) is 11.2 Å². The number of aryl methyl sites for hydroxylation is 1. The second-order valence-electron chi connectivity index (χ2n) is 5.99. The fourth-order valence-corrected chi connectivity index (χ4v) is 4.14. The average molecular weight is 358 g/mol. The van der Waals surface area contributed by atoms with Crippen molar-refractivity contribution >= 4 is 34.1 Å². The number of fused-ring (bicyclic) bond motifs is 1. The molecule has 1 amide bonds. The van der Waals surface area contributed by atoms with Gasteiger partial charge in [-0.05, 0) is 43.7 Å². The molecule has 0 radical (unpaired) electrons. The molecule has 2 atom stereocenters. The third-order valence-electron chi connectivity index (χ3n) is 4.04. The summed E-state index contributed by atoms with van der Waals surface area (Å²) < 4.78 is 0. The van der Waals surface area contributed by atoms with Gasteiger partial charge >= 0.3 is 0 Å². The Morgan fingerprint density at radius 1 is 1.58 bits per heavy atom. The Morgan fingerprint density at radius 2 is 2.42 bits per heavy atom. The molecule has 0 bridgehead atoms. The van der Waals surface area contributed by atoms with Crippen LogP contribution in [-0.2, 0) is 17.6 Å². The first kappa shape index (κ1) is 16.9. The summed E-state index contributed by atoms with van der Waals surface area (Å²) in [6.45, 7) is 4.04. The summed E-state index contributed by atoms with van der Waals surface area (Å²) in [5, 5.41) is 14.9. The van der Waals surface area contributed by atoms with Crippen molar-refractivity contribution in [3.05, 3.63) is 34.5 Å². The van der Waals surface area contributed by atoms with Gasteiger partial charge in [0.2, 0.25) is 5.91 Å². The van der Waals surface area contributed by atoms with Crippen LogP contribution in [0.2, 0.25) is 0 Å². The van der Waals surface area contributed by atoms with Crippen molar-refractivity contribution < 1.29 is 4.79 Å². The van der Waals surface area contributed by atoms with Crippen LogP contribution in [0.5, 0.6) is 0 Å². The molecule has 1 aliphatic carbocycles. The monoisotopic (exact) mass is 358 g/mol. The molecule has 1 aliphatic rings. The normalized spacial score (nSPS) is 17.6. The van der Waals surface area contributed by atoms with Crippen molar-refractivity contribution in [2.24, 2.45) is 5.92 Å². The zero-order valence-electron chi connectivity index (χ0n) is 13.6. The number of nitriles is 1. The summed E-state index contributed by atoms with van der Waals surface area (Å²) in [7, 11) is 0. The van der Waals surface area contributed by atoms with E-state index in [0.717, 1.165) is 25.0 Å². The SMILES string of the molecule is CC1CCc2nc(SC(C)C(=O)Nc3nccs3)c(C#N)cc2C1. The third-order valence-corrected chi connectivity index (χ3v) is 5.83. The Labute approximate surface area is 149 Å². The smallest absolute Gasteiger partial charge is 0.239 e. The quantitative estimate of drug-likeness (QED) is 0.844. The largest absolute Gasteiger partial charge is 0.301 e. The molecule has 24 heavy (non-hydrogen) atoms. The van der Waals surface area contributed by atoms with Gasteiger partial charge in [0.15, 0.2) is 5.13 Å². The fraction of sp³-hybridized carbons (Fsp3) is 0.412. The van der Waals surface area contributed by atoms with E-state index in [1.54, 1.807) is 6.20 Å². The van der Waals surface area contributed by atoms with Gasteiger partial charge in [0.1, 0.15) is 11.1 Å². The van der Waals surface area contributed by atoms with E-state index in [2.05, 4.69) is 28.3 Å².